The molecule has 0 atom stereocenters. The molecule has 0 unspecified atom stereocenters. The van der Waals surface area contributed by atoms with Gasteiger partial charge in [0.2, 0.25) is 0 Å². The highest BCUT2D eigenvalue weighted by Crippen LogP contribution is 2.28. The number of para-hydroxylation sites is 1. The largest absolute Gasteiger partial charge is 0.320 e. The molecule has 0 saturated carbocycles. The van der Waals surface area contributed by atoms with Gasteiger partial charge in [-0.25, -0.2) is 9.37 Å². The van der Waals surface area contributed by atoms with Crippen molar-refractivity contribution in [1.29, 1.82) is 0 Å². The van der Waals surface area contributed by atoms with Gasteiger partial charge >= 0.3 is 0 Å². The summed E-state index contributed by atoms with van der Waals surface area (Å²) in [5, 5.41) is 4.98. The number of nitrogens with zero attached hydrogens (tertiary/aromatic N) is 1. The second-order valence-corrected chi connectivity index (χ2v) is 6.38. The minimum Gasteiger partial charge on any atom is -0.320 e. The Morgan fingerprint density at radius 2 is 1.91 bits per heavy atom. The monoisotopic (exact) mass is 344 g/mol. The lowest BCUT2D eigenvalue weighted by atomic mass is 10.2. The highest BCUT2D eigenvalue weighted by molar-refractivity contribution is 7.98. The number of carbonyl (C=O) groups excluding carboxylic acids is 1. The van der Waals surface area contributed by atoms with E-state index in [1.54, 1.807) is 35.3 Å². The molecule has 0 bridgehead atoms. The Morgan fingerprint density at radius 1 is 1.17 bits per heavy atom. The van der Waals surface area contributed by atoms with Crippen LogP contribution in [-0.2, 0) is 0 Å². The number of carbonyl (C=O) groups is 1. The standard InChI is InChI=1S/C17H13FN2OS2/c1-22-15-9-5-4-8-13(15)19-16(21)14-10-23-17(20-14)11-6-2-3-7-12(11)18/h2-10H,1H3,(H,19,21). The van der Waals surface area contributed by atoms with E-state index in [0.717, 1.165) is 10.6 Å². The van der Waals surface area contributed by atoms with Crippen molar-refractivity contribution >= 4 is 34.7 Å². The lowest BCUT2D eigenvalue weighted by Crippen LogP contribution is -2.12. The topological polar surface area (TPSA) is 42.0 Å². The van der Waals surface area contributed by atoms with Crippen LogP contribution in [-0.4, -0.2) is 17.1 Å². The normalized spacial score (nSPS) is 10.5. The van der Waals surface area contributed by atoms with E-state index < -0.39 is 0 Å². The van der Waals surface area contributed by atoms with Gasteiger partial charge in [-0.15, -0.1) is 23.1 Å². The van der Waals surface area contributed by atoms with Crippen LogP contribution in [0.2, 0.25) is 0 Å². The minimum atomic E-state index is -0.346. The fourth-order valence-corrected chi connectivity index (χ4v) is 3.45. The number of aromatic nitrogens is 1. The number of thiazole rings is 1. The molecule has 0 aliphatic heterocycles. The minimum absolute atomic E-state index is 0.282. The molecule has 0 spiro atoms. The molecule has 3 nitrogen and oxygen atoms in total. The first-order valence-electron chi connectivity index (χ1n) is 6.84. The molecule has 2 aromatic carbocycles. The summed E-state index contributed by atoms with van der Waals surface area (Å²) in [6, 6.07) is 14.0. The summed E-state index contributed by atoms with van der Waals surface area (Å²) in [7, 11) is 0. The molecule has 3 aromatic rings. The van der Waals surface area contributed by atoms with Gasteiger partial charge in [-0.3, -0.25) is 4.79 Å². The SMILES string of the molecule is CSc1ccccc1NC(=O)c1csc(-c2ccccc2F)n1. The van der Waals surface area contributed by atoms with Gasteiger partial charge in [-0.1, -0.05) is 24.3 Å². The smallest absolute Gasteiger partial charge is 0.275 e. The summed E-state index contributed by atoms with van der Waals surface area (Å²) >= 11 is 2.80. The van der Waals surface area contributed by atoms with Crippen molar-refractivity contribution in [3.05, 3.63) is 65.4 Å². The number of rotatable bonds is 4. The number of hydrogen-bond donors (Lipinski definition) is 1. The molecule has 0 saturated heterocycles. The Kier molecular flexibility index (Phi) is 4.73. The third kappa shape index (κ3) is 3.43. The summed E-state index contributed by atoms with van der Waals surface area (Å²) < 4.78 is 13.8. The third-order valence-corrected chi connectivity index (χ3v) is 4.87. The van der Waals surface area contributed by atoms with E-state index in [1.807, 2.05) is 30.5 Å². The van der Waals surface area contributed by atoms with Gasteiger partial charge in [-0.2, -0.15) is 0 Å². The van der Waals surface area contributed by atoms with E-state index in [1.165, 1.54) is 17.4 Å². The predicted molar refractivity (Wildman–Crippen MR) is 93.7 cm³/mol. The molecule has 0 fully saturated rings. The van der Waals surface area contributed by atoms with Crippen LogP contribution in [0.4, 0.5) is 10.1 Å². The number of nitrogens with one attached hydrogen (secondary N) is 1. The summed E-state index contributed by atoms with van der Waals surface area (Å²) in [4.78, 5) is 17.6. The number of benzene rings is 2. The molecule has 23 heavy (non-hydrogen) atoms. The van der Waals surface area contributed by atoms with Gasteiger partial charge in [0.25, 0.3) is 5.91 Å². The number of halogens is 1. The molecule has 3 rings (SSSR count). The molecule has 0 aliphatic rings. The van der Waals surface area contributed by atoms with Crippen LogP contribution in [0.15, 0.2) is 58.8 Å². The van der Waals surface area contributed by atoms with Crippen LogP contribution in [0.3, 0.4) is 0 Å². The van der Waals surface area contributed by atoms with Crippen molar-refractivity contribution in [3.8, 4) is 10.6 Å². The highest BCUT2D eigenvalue weighted by atomic mass is 32.2. The number of hydrogen-bond acceptors (Lipinski definition) is 4. The van der Waals surface area contributed by atoms with Crippen LogP contribution in [0.25, 0.3) is 10.6 Å². The van der Waals surface area contributed by atoms with Gasteiger partial charge in [-0.05, 0) is 30.5 Å². The molecular formula is C17H13FN2OS2. The Bertz CT molecular complexity index is 848. The molecule has 0 aliphatic carbocycles. The first-order valence-corrected chi connectivity index (χ1v) is 8.94. The Hall–Kier alpha value is -2.18. The van der Waals surface area contributed by atoms with E-state index in [9.17, 15) is 9.18 Å². The van der Waals surface area contributed by atoms with Crippen molar-refractivity contribution in [2.75, 3.05) is 11.6 Å². The molecule has 6 heteroatoms. The van der Waals surface area contributed by atoms with Crippen LogP contribution < -0.4 is 5.32 Å². The average Bonchev–Trinajstić information content (AvgIpc) is 3.05. The fourth-order valence-electron chi connectivity index (χ4n) is 2.07. The van der Waals surface area contributed by atoms with Crippen LogP contribution in [0, 0.1) is 5.82 Å². The molecule has 1 N–H and O–H groups in total. The van der Waals surface area contributed by atoms with Crippen LogP contribution >= 0.6 is 23.1 Å². The molecular weight excluding hydrogens is 331 g/mol. The zero-order valence-electron chi connectivity index (χ0n) is 12.2. The van der Waals surface area contributed by atoms with E-state index in [0.29, 0.717) is 10.6 Å². The first-order chi connectivity index (χ1) is 11.2. The maximum atomic E-state index is 13.8. The molecule has 0 radical (unpaired) electrons. The maximum Gasteiger partial charge on any atom is 0.275 e. The fraction of sp³-hybridized carbons (Fsp3) is 0.0588. The second kappa shape index (κ2) is 6.93. The van der Waals surface area contributed by atoms with Gasteiger partial charge in [0.05, 0.1) is 5.69 Å². The lowest BCUT2D eigenvalue weighted by molar-refractivity contribution is 0.102. The van der Waals surface area contributed by atoms with E-state index >= 15 is 0 Å². The highest BCUT2D eigenvalue weighted by Gasteiger charge is 2.15. The Labute approximate surface area is 141 Å². The van der Waals surface area contributed by atoms with Crippen molar-refractivity contribution in [3.63, 3.8) is 0 Å². The van der Waals surface area contributed by atoms with E-state index in [-0.39, 0.29) is 17.4 Å². The third-order valence-electron chi connectivity index (χ3n) is 3.20. The van der Waals surface area contributed by atoms with Crippen molar-refractivity contribution in [1.82, 2.24) is 4.98 Å². The van der Waals surface area contributed by atoms with Crippen molar-refractivity contribution in [2.45, 2.75) is 4.90 Å². The Balaban J connectivity index is 1.83. The zero-order valence-corrected chi connectivity index (χ0v) is 13.9. The molecule has 116 valence electrons. The van der Waals surface area contributed by atoms with E-state index in [2.05, 4.69) is 10.3 Å². The van der Waals surface area contributed by atoms with Crippen LogP contribution in [0.1, 0.15) is 10.5 Å². The van der Waals surface area contributed by atoms with Crippen molar-refractivity contribution in [2.24, 2.45) is 0 Å². The van der Waals surface area contributed by atoms with Crippen LogP contribution in [0.5, 0.6) is 0 Å². The quantitative estimate of drug-likeness (QED) is 0.683. The molecule has 1 aromatic heterocycles. The first kappa shape index (κ1) is 15.7. The number of amides is 1. The number of anilines is 1. The summed E-state index contributed by atoms with van der Waals surface area (Å²) in [6.07, 6.45) is 1.95. The van der Waals surface area contributed by atoms with Gasteiger partial charge in [0.1, 0.15) is 16.5 Å². The maximum absolute atomic E-state index is 13.8. The van der Waals surface area contributed by atoms with E-state index in [4.69, 9.17) is 0 Å². The van der Waals surface area contributed by atoms with Gasteiger partial charge in [0.15, 0.2) is 0 Å². The molecule has 1 amide bonds. The molecule has 1 heterocycles. The van der Waals surface area contributed by atoms with Gasteiger partial charge in [0, 0.05) is 15.8 Å². The zero-order chi connectivity index (χ0) is 16.2. The predicted octanol–water partition coefficient (Wildman–Crippen LogP) is 4.92. The second-order valence-electron chi connectivity index (χ2n) is 4.67. The Morgan fingerprint density at radius 3 is 2.70 bits per heavy atom. The summed E-state index contributed by atoms with van der Waals surface area (Å²) in [5.74, 6) is -0.646. The van der Waals surface area contributed by atoms with Crippen molar-refractivity contribution < 1.29 is 9.18 Å². The van der Waals surface area contributed by atoms with Gasteiger partial charge < -0.3 is 5.32 Å². The summed E-state index contributed by atoms with van der Waals surface area (Å²) in [5.41, 5.74) is 1.43. The average molecular weight is 344 g/mol. The lowest BCUT2D eigenvalue weighted by Gasteiger charge is -2.07. The number of thioether (sulfide) groups is 1. The summed E-state index contributed by atoms with van der Waals surface area (Å²) in [6.45, 7) is 0.